The minimum atomic E-state index is -0.574. The van der Waals surface area contributed by atoms with Crippen molar-refractivity contribution in [2.24, 2.45) is 0 Å². The van der Waals surface area contributed by atoms with Crippen LogP contribution in [0.5, 0.6) is 0 Å². The zero-order valence-electron chi connectivity index (χ0n) is 13.5. The van der Waals surface area contributed by atoms with Crippen molar-refractivity contribution in [2.75, 3.05) is 27.4 Å². The summed E-state index contributed by atoms with van der Waals surface area (Å²) in [4.78, 5) is 24.5. The van der Waals surface area contributed by atoms with Gasteiger partial charge in [-0.25, -0.2) is 4.79 Å². The highest BCUT2D eigenvalue weighted by atomic mass is 79.9. The fourth-order valence-electron chi connectivity index (χ4n) is 1.97. The van der Waals surface area contributed by atoms with Crippen LogP contribution in [0.1, 0.15) is 5.76 Å². The van der Waals surface area contributed by atoms with E-state index in [1.54, 1.807) is 7.05 Å². The van der Waals surface area contributed by atoms with Gasteiger partial charge in [0.05, 0.1) is 6.54 Å². The molecule has 0 aliphatic carbocycles. The smallest absolute Gasteiger partial charge is 0.332 e. The maximum Gasteiger partial charge on any atom is 0.332 e. The maximum atomic E-state index is 11.9. The molecule has 1 amide bonds. The van der Waals surface area contributed by atoms with Gasteiger partial charge in [0.25, 0.3) is 5.91 Å². The molecule has 1 aromatic heterocycles. The van der Waals surface area contributed by atoms with Gasteiger partial charge in [-0.1, -0.05) is 28.1 Å². The second-order valence-corrected chi connectivity index (χ2v) is 6.03. The van der Waals surface area contributed by atoms with Crippen molar-refractivity contribution in [3.05, 3.63) is 46.6 Å². The number of esters is 1. The molecule has 1 aromatic carbocycles. The van der Waals surface area contributed by atoms with E-state index in [1.807, 2.05) is 36.4 Å². The molecule has 7 heteroatoms. The van der Waals surface area contributed by atoms with E-state index in [9.17, 15) is 9.59 Å². The number of furan rings is 1. The predicted molar refractivity (Wildman–Crippen MR) is 91.2 cm³/mol. The van der Waals surface area contributed by atoms with E-state index >= 15 is 0 Å². The molecule has 0 fully saturated rings. The fourth-order valence-corrected chi connectivity index (χ4v) is 2.23. The van der Waals surface area contributed by atoms with Crippen LogP contribution in [-0.2, 0) is 25.6 Å². The van der Waals surface area contributed by atoms with Gasteiger partial charge < -0.3 is 18.8 Å². The first-order valence-corrected chi connectivity index (χ1v) is 8.02. The Morgan fingerprint density at radius 1 is 1.12 bits per heavy atom. The Hall–Kier alpha value is -2.12. The van der Waals surface area contributed by atoms with Crippen molar-refractivity contribution >= 4 is 27.8 Å². The molecule has 0 N–H and O–H groups in total. The summed E-state index contributed by atoms with van der Waals surface area (Å²) >= 11 is 3.39. The lowest BCUT2D eigenvalue weighted by atomic mass is 10.2. The van der Waals surface area contributed by atoms with E-state index in [2.05, 4.69) is 20.7 Å². The Bertz CT molecular complexity index is 695. The summed E-state index contributed by atoms with van der Waals surface area (Å²) in [6.45, 7) is -0.206. The van der Waals surface area contributed by atoms with Crippen LogP contribution in [0, 0.1) is 0 Å². The van der Waals surface area contributed by atoms with E-state index in [0.717, 1.165) is 15.8 Å². The number of benzene rings is 1. The van der Waals surface area contributed by atoms with Gasteiger partial charge in [-0.05, 0) is 24.3 Å². The van der Waals surface area contributed by atoms with Crippen LogP contribution in [-0.4, -0.2) is 44.1 Å². The third-order valence-corrected chi connectivity index (χ3v) is 3.76. The zero-order valence-corrected chi connectivity index (χ0v) is 15.0. The van der Waals surface area contributed by atoms with Crippen LogP contribution in [0.4, 0.5) is 0 Å². The Labute approximate surface area is 148 Å². The van der Waals surface area contributed by atoms with Gasteiger partial charge in [0.15, 0.2) is 6.61 Å². The molecule has 0 saturated heterocycles. The molecule has 0 aliphatic rings. The highest BCUT2D eigenvalue weighted by Gasteiger charge is 2.14. The molecular formula is C17H18BrNO5. The van der Waals surface area contributed by atoms with Gasteiger partial charge >= 0.3 is 5.97 Å². The average Bonchev–Trinajstić information content (AvgIpc) is 3.02. The van der Waals surface area contributed by atoms with E-state index in [0.29, 0.717) is 5.76 Å². The van der Waals surface area contributed by atoms with Crippen molar-refractivity contribution < 1.29 is 23.5 Å². The number of amides is 1. The zero-order chi connectivity index (χ0) is 17.5. The van der Waals surface area contributed by atoms with Gasteiger partial charge in [0.2, 0.25) is 0 Å². The molecule has 0 bridgehead atoms. The number of halogens is 1. The van der Waals surface area contributed by atoms with Crippen LogP contribution >= 0.6 is 15.9 Å². The van der Waals surface area contributed by atoms with Crippen molar-refractivity contribution in [3.63, 3.8) is 0 Å². The number of likely N-dealkylation sites (N-methyl/N-ethyl adjacent to an activating group) is 1. The summed E-state index contributed by atoms with van der Waals surface area (Å²) in [5.41, 5.74) is 0.951. The number of carbonyl (C=O) groups excluding carboxylic acids is 2. The number of nitrogens with zero attached hydrogens (tertiary/aromatic N) is 1. The highest BCUT2D eigenvalue weighted by molar-refractivity contribution is 9.10. The van der Waals surface area contributed by atoms with E-state index in [4.69, 9.17) is 9.15 Å². The highest BCUT2D eigenvalue weighted by Crippen LogP contribution is 2.24. The number of hydrogen-bond donors (Lipinski definition) is 0. The lowest BCUT2D eigenvalue weighted by Crippen LogP contribution is -2.31. The average molecular weight is 396 g/mol. The van der Waals surface area contributed by atoms with Crippen LogP contribution < -0.4 is 0 Å². The minimum Gasteiger partial charge on any atom is -0.459 e. The fraction of sp³-hybridized carbons (Fsp3) is 0.294. The Morgan fingerprint density at radius 2 is 1.83 bits per heavy atom. The number of hydrogen-bond acceptors (Lipinski definition) is 5. The summed E-state index contributed by atoms with van der Waals surface area (Å²) in [5, 5.41) is 0. The molecule has 2 aromatic rings. The standard InChI is InChI=1S/C17H18BrNO5/c1-19(16(20)10-23-17(21)11-22-2)9-14-7-8-15(24-14)12-3-5-13(18)6-4-12/h3-8H,9-11H2,1-2H3. The number of rotatable bonds is 7. The second-order valence-electron chi connectivity index (χ2n) is 5.12. The van der Waals surface area contributed by atoms with E-state index in [1.165, 1.54) is 12.0 Å². The number of ether oxygens (including phenoxy) is 2. The lowest BCUT2D eigenvalue weighted by molar-refractivity contribution is -0.154. The second kappa shape index (κ2) is 8.65. The molecule has 0 radical (unpaired) electrons. The van der Waals surface area contributed by atoms with Crippen LogP contribution in [0.25, 0.3) is 11.3 Å². The van der Waals surface area contributed by atoms with E-state index in [-0.39, 0.29) is 25.7 Å². The van der Waals surface area contributed by atoms with Crippen molar-refractivity contribution in [2.45, 2.75) is 6.54 Å². The third kappa shape index (κ3) is 5.21. The summed E-state index contributed by atoms with van der Waals surface area (Å²) in [6, 6.07) is 11.4. The van der Waals surface area contributed by atoms with Crippen molar-refractivity contribution in [1.82, 2.24) is 4.90 Å². The largest absolute Gasteiger partial charge is 0.459 e. The Balaban J connectivity index is 1.90. The minimum absolute atomic E-state index is 0.175. The maximum absolute atomic E-state index is 11.9. The normalized spacial score (nSPS) is 10.5. The number of methoxy groups -OCH3 is 1. The summed E-state index contributed by atoms with van der Waals surface area (Å²) in [7, 11) is 3.00. The monoisotopic (exact) mass is 395 g/mol. The van der Waals surface area contributed by atoms with Crippen molar-refractivity contribution in [3.8, 4) is 11.3 Å². The van der Waals surface area contributed by atoms with Crippen LogP contribution in [0.3, 0.4) is 0 Å². The first-order chi connectivity index (χ1) is 11.5. The molecule has 0 saturated carbocycles. The van der Waals surface area contributed by atoms with Gasteiger partial charge in [0, 0.05) is 24.2 Å². The van der Waals surface area contributed by atoms with Gasteiger partial charge in [-0.2, -0.15) is 0 Å². The third-order valence-electron chi connectivity index (χ3n) is 3.23. The first kappa shape index (κ1) is 18.2. The SMILES string of the molecule is COCC(=O)OCC(=O)N(C)Cc1ccc(-c2ccc(Br)cc2)o1. The molecule has 2 rings (SSSR count). The molecule has 0 unspecified atom stereocenters. The van der Waals surface area contributed by atoms with Gasteiger partial charge in [-0.15, -0.1) is 0 Å². The molecular weight excluding hydrogens is 378 g/mol. The topological polar surface area (TPSA) is 69.0 Å². The van der Waals surface area contributed by atoms with Gasteiger partial charge in [-0.3, -0.25) is 4.79 Å². The van der Waals surface area contributed by atoms with E-state index < -0.39 is 5.97 Å². The molecule has 0 aliphatic heterocycles. The quantitative estimate of drug-likeness (QED) is 0.674. The summed E-state index contributed by atoms with van der Waals surface area (Å²) in [6.07, 6.45) is 0. The lowest BCUT2D eigenvalue weighted by Gasteiger charge is -2.15. The molecule has 0 spiro atoms. The van der Waals surface area contributed by atoms with Crippen LogP contribution in [0.15, 0.2) is 45.3 Å². The Morgan fingerprint density at radius 3 is 2.50 bits per heavy atom. The molecule has 0 atom stereocenters. The van der Waals surface area contributed by atoms with Gasteiger partial charge in [0.1, 0.15) is 18.1 Å². The first-order valence-electron chi connectivity index (χ1n) is 7.22. The predicted octanol–water partition coefficient (Wildman–Crippen LogP) is 2.86. The van der Waals surface area contributed by atoms with Crippen LogP contribution in [0.2, 0.25) is 0 Å². The Kier molecular flexibility index (Phi) is 6.57. The van der Waals surface area contributed by atoms with Crippen molar-refractivity contribution in [1.29, 1.82) is 0 Å². The molecule has 1 heterocycles. The summed E-state index contributed by atoms with van der Waals surface area (Å²) in [5.74, 6) is 0.479. The summed E-state index contributed by atoms with van der Waals surface area (Å²) < 4.78 is 16.2. The molecule has 6 nitrogen and oxygen atoms in total. The number of carbonyl (C=O) groups is 2. The molecule has 24 heavy (non-hydrogen) atoms. The molecule has 128 valence electrons.